The van der Waals surface area contributed by atoms with Crippen LogP contribution in [0.25, 0.3) is 10.4 Å². The van der Waals surface area contributed by atoms with Gasteiger partial charge >= 0.3 is 11.9 Å². The van der Waals surface area contributed by atoms with E-state index in [1.807, 2.05) is 121 Å². The summed E-state index contributed by atoms with van der Waals surface area (Å²) < 4.78 is 11.7. The number of carboxylic acids is 1. The van der Waals surface area contributed by atoms with Gasteiger partial charge in [-0.15, -0.1) is 0 Å². The molecule has 10 heteroatoms. The Morgan fingerprint density at radius 2 is 1.30 bits per heavy atom. The minimum absolute atomic E-state index is 0.0157. The molecule has 0 radical (unpaired) electrons. The Morgan fingerprint density at radius 1 is 0.755 bits per heavy atom. The van der Waals surface area contributed by atoms with E-state index in [9.17, 15) is 14.7 Å². The number of rotatable bonds is 13. The number of esters is 1. The number of nitrogen functional groups attached to an aromatic ring is 1. The van der Waals surface area contributed by atoms with E-state index in [1.54, 1.807) is 6.07 Å². The Bertz CT molecular complexity index is 2250. The number of anilines is 1. The monoisotopic (exact) mass is 719 g/mol. The molecule has 0 aliphatic heterocycles. The van der Waals surface area contributed by atoms with Crippen molar-refractivity contribution in [2.75, 3.05) is 12.3 Å². The second-order valence-electron chi connectivity index (χ2n) is 12.0. The number of thiazole rings is 1. The fourth-order valence-corrected chi connectivity index (χ4v) is 7.38. The molecule has 0 fully saturated rings. The number of nitrogens with two attached hydrogens (primary N) is 1. The Balaban J connectivity index is 1.22. The standard InChI is InChI=1S/C43H33N3O6S/c44-42-45-38(40(53-42)35-24-14-13-23-34(35)37(29-15-5-1-6-16-29)30-17-7-2-8-18-30)39(41(48)49)46-51-28-36(47)52-43(33-25-26-50-27-33,31-19-9-3-10-20-31)32-21-11-4-12-22-32/h1-27,37H,28H2,(H2,44,45)(H,48,49). The first kappa shape index (κ1) is 34.7. The Morgan fingerprint density at radius 3 is 1.85 bits per heavy atom. The molecule has 2 heterocycles. The fraction of sp³-hybridized carbons (Fsp3) is 0.0698. The summed E-state index contributed by atoms with van der Waals surface area (Å²) in [7, 11) is 0. The van der Waals surface area contributed by atoms with Crippen molar-refractivity contribution in [3.8, 4) is 10.4 Å². The molecule has 2 aromatic heterocycles. The number of carbonyl (C=O) groups excluding carboxylic acids is 1. The van der Waals surface area contributed by atoms with E-state index in [-0.39, 0.29) is 16.7 Å². The minimum atomic E-state index is -1.41. The second kappa shape index (κ2) is 15.6. The molecule has 5 aromatic carbocycles. The number of ether oxygens (including phenoxy) is 1. The molecule has 0 bridgehead atoms. The Hall–Kier alpha value is -6.78. The molecule has 262 valence electrons. The van der Waals surface area contributed by atoms with Crippen LogP contribution in [0.5, 0.6) is 0 Å². The average Bonchev–Trinajstić information content (AvgIpc) is 3.88. The van der Waals surface area contributed by atoms with Gasteiger partial charge in [-0.05, 0) is 28.3 Å². The number of carbonyl (C=O) groups is 2. The van der Waals surface area contributed by atoms with E-state index < -0.39 is 29.9 Å². The van der Waals surface area contributed by atoms with Gasteiger partial charge in [0.2, 0.25) is 12.3 Å². The van der Waals surface area contributed by atoms with Crippen molar-refractivity contribution in [1.82, 2.24) is 4.98 Å². The lowest BCUT2D eigenvalue weighted by molar-refractivity contribution is -0.159. The molecule has 0 aliphatic rings. The molecule has 0 spiro atoms. The second-order valence-corrected chi connectivity index (χ2v) is 13.0. The van der Waals surface area contributed by atoms with Crippen LogP contribution in [0.2, 0.25) is 0 Å². The van der Waals surface area contributed by atoms with Crippen LogP contribution in [0.1, 0.15) is 45.0 Å². The third-order valence-electron chi connectivity index (χ3n) is 8.75. The van der Waals surface area contributed by atoms with Crippen molar-refractivity contribution in [3.05, 3.63) is 203 Å². The van der Waals surface area contributed by atoms with Crippen LogP contribution in [-0.4, -0.2) is 34.3 Å². The number of hydrogen-bond donors (Lipinski definition) is 2. The molecule has 0 aliphatic carbocycles. The van der Waals surface area contributed by atoms with Gasteiger partial charge in [-0.3, -0.25) is 0 Å². The maximum Gasteiger partial charge on any atom is 0.360 e. The highest BCUT2D eigenvalue weighted by Gasteiger charge is 2.41. The number of nitrogens with zero attached hydrogens (tertiary/aromatic N) is 2. The van der Waals surface area contributed by atoms with Gasteiger partial charge in [-0.2, -0.15) is 0 Å². The first-order chi connectivity index (χ1) is 26.0. The van der Waals surface area contributed by atoms with Crippen LogP contribution < -0.4 is 5.73 Å². The van der Waals surface area contributed by atoms with E-state index in [4.69, 9.17) is 19.7 Å². The van der Waals surface area contributed by atoms with Crippen LogP contribution in [0, 0.1) is 0 Å². The van der Waals surface area contributed by atoms with Crippen LogP contribution in [0.4, 0.5) is 5.13 Å². The molecule has 0 unspecified atom stereocenters. The molecule has 3 N–H and O–H groups in total. The van der Waals surface area contributed by atoms with E-state index in [0.29, 0.717) is 21.6 Å². The normalized spacial score (nSPS) is 11.7. The van der Waals surface area contributed by atoms with Crippen LogP contribution in [-0.2, 0) is 24.8 Å². The lowest BCUT2D eigenvalue weighted by Gasteiger charge is -2.33. The molecular formula is C43H33N3O6S. The van der Waals surface area contributed by atoms with Crippen molar-refractivity contribution in [2.24, 2.45) is 5.16 Å². The smallest absolute Gasteiger partial charge is 0.360 e. The zero-order valence-corrected chi connectivity index (χ0v) is 29.1. The van der Waals surface area contributed by atoms with Crippen molar-refractivity contribution in [1.29, 1.82) is 0 Å². The van der Waals surface area contributed by atoms with Crippen molar-refractivity contribution in [3.63, 3.8) is 0 Å². The van der Waals surface area contributed by atoms with Gasteiger partial charge in [-0.25, -0.2) is 14.6 Å². The number of carboxylic acid groups (broad SMARTS) is 1. The van der Waals surface area contributed by atoms with Gasteiger partial charge in [0.25, 0.3) is 0 Å². The summed E-state index contributed by atoms with van der Waals surface area (Å²) >= 11 is 1.14. The Kier molecular flexibility index (Phi) is 10.2. The predicted molar refractivity (Wildman–Crippen MR) is 203 cm³/mol. The Labute approximate surface area is 309 Å². The van der Waals surface area contributed by atoms with Crippen molar-refractivity contribution >= 4 is 34.1 Å². The van der Waals surface area contributed by atoms with Gasteiger partial charge in [0.15, 0.2) is 10.7 Å². The van der Waals surface area contributed by atoms with E-state index in [1.165, 1.54) is 12.5 Å². The van der Waals surface area contributed by atoms with E-state index >= 15 is 0 Å². The van der Waals surface area contributed by atoms with E-state index in [2.05, 4.69) is 34.4 Å². The number of aromatic nitrogens is 1. The van der Waals surface area contributed by atoms with E-state index in [0.717, 1.165) is 33.6 Å². The lowest BCUT2D eigenvalue weighted by Crippen LogP contribution is -2.36. The summed E-state index contributed by atoms with van der Waals surface area (Å²) in [4.78, 5) is 36.8. The highest BCUT2D eigenvalue weighted by Crippen LogP contribution is 2.43. The molecule has 0 saturated heterocycles. The summed E-state index contributed by atoms with van der Waals surface area (Å²) in [5, 5.41) is 14.5. The molecule has 0 atom stereocenters. The van der Waals surface area contributed by atoms with Gasteiger partial charge in [0, 0.05) is 22.6 Å². The van der Waals surface area contributed by atoms with Crippen LogP contribution in [0.15, 0.2) is 174 Å². The number of aliphatic carboxylic acids is 1. The highest BCUT2D eigenvalue weighted by atomic mass is 32.1. The molecule has 53 heavy (non-hydrogen) atoms. The van der Waals surface area contributed by atoms with Crippen molar-refractivity contribution in [2.45, 2.75) is 11.5 Å². The summed E-state index contributed by atoms with van der Waals surface area (Å²) in [6.45, 7) is -0.703. The predicted octanol–water partition coefficient (Wildman–Crippen LogP) is 8.51. The summed E-state index contributed by atoms with van der Waals surface area (Å²) in [6, 6.07) is 48.1. The van der Waals surface area contributed by atoms with Gasteiger partial charge < -0.3 is 24.8 Å². The number of hydrogen-bond acceptors (Lipinski definition) is 9. The molecule has 7 aromatic rings. The van der Waals surface area contributed by atoms with Crippen LogP contribution in [0.3, 0.4) is 0 Å². The lowest BCUT2D eigenvalue weighted by atomic mass is 9.81. The number of benzene rings is 5. The highest BCUT2D eigenvalue weighted by molar-refractivity contribution is 7.19. The molecule has 9 nitrogen and oxygen atoms in total. The van der Waals surface area contributed by atoms with Crippen LogP contribution >= 0.6 is 11.3 Å². The van der Waals surface area contributed by atoms with Gasteiger partial charge in [0.1, 0.15) is 5.69 Å². The average molecular weight is 720 g/mol. The quantitative estimate of drug-likeness (QED) is 0.0524. The molecule has 0 saturated carbocycles. The third-order valence-corrected chi connectivity index (χ3v) is 9.66. The number of furan rings is 1. The summed E-state index contributed by atoms with van der Waals surface area (Å²) in [6.07, 6.45) is 3.02. The van der Waals surface area contributed by atoms with Crippen molar-refractivity contribution < 1.29 is 28.7 Å². The van der Waals surface area contributed by atoms with Gasteiger partial charge in [0.05, 0.1) is 17.4 Å². The zero-order valence-electron chi connectivity index (χ0n) is 28.2. The summed E-state index contributed by atoms with van der Waals surface area (Å²) in [5.74, 6) is -2.40. The fourth-order valence-electron chi connectivity index (χ4n) is 6.50. The molecule has 7 rings (SSSR count). The maximum atomic E-state index is 13.6. The topological polar surface area (TPSA) is 137 Å². The third kappa shape index (κ3) is 7.21. The first-order valence-corrected chi connectivity index (χ1v) is 17.5. The minimum Gasteiger partial charge on any atom is -0.476 e. The molecular weight excluding hydrogens is 687 g/mol. The maximum absolute atomic E-state index is 13.6. The molecule has 0 amide bonds. The largest absolute Gasteiger partial charge is 0.476 e. The SMILES string of the molecule is Nc1nc(C(=NOCC(=O)OC(c2ccccc2)(c2ccccc2)c2ccoc2)C(=O)O)c(-c2ccccc2C(c2ccccc2)c2ccccc2)s1. The summed E-state index contributed by atoms with van der Waals surface area (Å²) in [5.41, 5.74) is 10.0. The zero-order chi connectivity index (χ0) is 36.6. The first-order valence-electron chi connectivity index (χ1n) is 16.7. The van der Waals surface area contributed by atoms with Gasteiger partial charge in [-0.1, -0.05) is 162 Å². The number of oxime groups is 1.